The number of aryl methyl sites for hydroxylation is 1. The molecule has 0 aliphatic heterocycles. The minimum atomic E-state index is 0.618. The van der Waals surface area contributed by atoms with E-state index < -0.39 is 0 Å². The second-order valence-electron chi connectivity index (χ2n) is 5.24. The smallest absolute Gasteiger partial charge is 0.0728 e. The Bertz CT molecular complexity index is 296. The van der Waals surface area contributed by atoms with E-state index in [0.29, 0.717) is 6.04 Å². The van der Waals surface area contributed by atoms with E-state index in [1.165, 1.54) is 51.4 Å². The predicted octanol–water partition coefficient (Wildman–Crippen LogP) is 4.36. The first-order valence-electron chi connectivity index (χ1n) is 7.51. The van der Waals surface area contributed by atoms with Gasteiger partial charge in [0.1, 0.15) is 0 Å². The summed E-state index contributed by atoms with van der Waals surface area (Å²) in [6.07, 6.45) is 14.5. The van der Waals surface area contributed by atoms with Gasteiger partial charge in [0.25, 0.3) is 0 Å². The van der Waals surface area contributed by atoms with E-state index in [2.05, 4.69) is 30.5 Å². The molecule has 0 amide bonds. The lowest BCUT2D eigenvalue weighted by Crippen LogP contribution is -2.19. The monoisotopic (exact) mass is 251 g/mol. The summed E-state index contributed by atoms with van der Waals surface area (Å²) in [7, 11) is 1.97. The first-order valence-corrected chi connectivity index (χ1v) is 7.51. The number of unbranched alkanes of at least 4 members (excludes halogenated alkanes) is 4. The minimum Gasteiger partial charge on any atom is -0.380 e. The average molecular weight is 251 g/mol. The summed E-state index contributed by atoms with van der Waals surface area (Å²) in [5.41, 5.74) is 1.16. The lowest BCUT2D eigenvalue weighted by Gasteiger charge is -2.18. The van der Waals surface area contributed by atoms with Crippen molar-refractivity contribution < 1.29 is 0 Å². The van der Waals surface area contributed by atoms with Crippen molar-refractivity contribution >= 4 is 5.69 Å². The Morgan fingerprint density at radius 3 is 2.17 bits per heavy atom. The lowest BCUT2D eigenvalue weighted by atomic mass is 10.0. The second-order valence-corrected chi connectivity index (χ2v) is 5.24. The highest BCUT2D eigenvalue weighted by molar-refractivity contribution is 5.39. The van der Waals surface area contributed by atoms with E-state index in [0.717, 1.165) is 5.69 Å². The van der Waals surface area contributed by atoms with Crippen LogP contribution in [-0.4, -0.2) is 15.8 Å². The Kier molecular flexibility index (Phi) is 7.54. The van der Waals surface area contributed by atoms with Crippen molar-refractivity contribution in [2.45, 2.75) is 71.3 Å². The topological polar surface area (TPSA) is 29.9 Å². The lowest BCUT2D eigenvalue weighted by molar-refractivity contribution is 0.526. The number of aromatic nitrogens is 2. The molecule has 1 aromatic heterocycles. The molecule has 0 unspecified atom stereocenters. The molecule has 0 saturated heterocycles. The molecule has 1 heterocycles. The zero-order valence-corrected chi connectivity index (χ0v) is 12.3. The molecule has 3 nitrogen and oxygen atoms in total. The van der Waals surface area contributed by atoms with Crippen LogP contribution >= 0.6 is 0 Å². The molecule has 0 atom stereocenters. The van der Waals surface area contributed by atoms with Gasteiger partial charge < -0.3 is 5.32 Å². The standard InChI is InChI=1S/C15H29N3/c1-4-6-8-10-14(11-9-7-5-2)17-15-12-16-18(3)13-15/h12-14,17H,4-11H2,1-3H3. The summed E-state index contributed by atoms with van der Waals surface area (Å²) in [6.45, 7) is 4.53. The molecule has 0 radical (unpaired) electrons. The van der Waals surface area contributed by atoms with Crippen molar-refractivity contribution in [1.29, 1.82) is 0 Å². The molecule has 0 saturated carbocycles. The fourth-order valence-corrected chi connectivity index (χ4v) is 2.30. The quantitative estimate of drug-likeness (QED) is 0.626. The first kappa shape index (κ1) is 15.1. The van der Waals surface area contributed by atoms with Gasteiger partial charge in [-0.3, -0.25) is 4.68 Å². The molecule has 0 aliphatic rings. The summed E-state index contributed by atoms with van der Waals surface area (Å²) < 4.78 is 1.86. The van der Waals surface area contributed by atoms with Gasteiger partial charge in [-0.1, -0.05) is 52.4 Å². The largest absolute Gasteiger partial charge is 0.380 e. The second kappa shape index (κ2) is 9.01. The zero-order valence-electron chi connectivity index (χ0n) is 12.3. The van der Waals surface area contributed by atoms with Gasteiger partial charge in [0.05, 0.1) is 11.9 Å². The number of hydrogen-bond donors (Lipinski definition) is 1. The molecule has 0 aromatic carbocycles. The van der Waals surface area contributed by atoms with Gasteiger partial charge in [-0.2, -0.15) is 5.10 Å². The van der Waals surface area contributed by atoms with Crippen LogP contribution in [0.3, 0.4) is 0 Å². The predicted molar refractivity (Wildman–Crippen MR) is 78.9 cm³/mol. The molecule has 0 spiro atoms. The molecule has 1 N–H and O–H groups in total. The SMILES string of the molecule is CCCCCC(CCCCC)Nc1cnn(C)c1. The van der Waals surface area contributed by atoms with Gasteiger partial charge in [0.15, 0.2) is 0 Å². The van der Waals surface area contributed by atoms with E-state index in [9.17, 15) is 0 Å². The highest BCUT2D eigenvalue weighted by Crippen LogP contribution is 2.16. The molecule has 0 aliphatic carbocycles. The number of anilines is 1. The summed E-state index contributed by atoms with van der Waals surface area (Å²) in [4.78, 5) is 0. The van der Waals surface area contributed by atoms with Gasteiger partial charge in [0, 0.05) is 19.3 Å². The maximum atomic E-state index is 4.22. The molecule has 3 heteroatoms. The third-order valence-corrected chi connectivity index (χ3v) is 3.39. The highest BCUT2D eigenvalue weighted by Gasteiger charge is 2.08. The Hall–Kier alpha value is -0.990. The van der Waals surface area contributed by atoms with Crippen molar-refractivity contribution in [3.8, 4) is 0 Å². The van der Waals surface area contributed by atoms with Gasteiger partial charge in [-0.15, -0.1) is 0 Å². The third-order valence-electron chi connectivity index (χ3n) is 3.39. The zero-order chi connectivity index (χ0) is 13.2. The van der Waals surface area contributed by atoms with E-state index in [1.54, 1.807) is 0 Å². The summed E-state index contributed by atoms with van der Waals surface area (Å²) in [5, 5.41) is 7.85. The van der Waals surface area contributed by atoms with Crippen LogP contribution in [0, 0.1) is 0 Å². The Morgan fingerprint density at radius 1 is 1.11 bits per heavy atom. The average Bonchev–Trinajstić information content (AvgIpc) is 2.75. The van der Waals surface area contributed by atoms with Crippen molar-refractivity contribution in [2.75, 3.05) is 5.32 Å². The van der Waals surface area contributed by atoms with Crippen LogP contribution in [0.1, 0.15) is 65.2 Å². The van der Waals surface area contributed by atoms with E-state index in [1.807, 2.05) is 17.9 Å². The fourth-order valence-electron chi connectivity index (χ4n) is 2.30. The molecule has 0 fully saturated rings. The third kappa shape index (κ3) is 6.08. The van der Waals surface area contributed by atoms with Gasteiger partial charge in [-0.05, 0) is 12.8 Å². The number of rotatable bonds is 10. The highest BCUT2D eigenvalue weighted by atomic mass is 15.3. The molecule has 104 valence electrons. The Balaban J connectivity index is 2.37. The van der Waals surface area contributed by atoms with Crippen molar-refractivity contribution in [3.63, 3.8) is 0 Å². The minimum absolute atomic E-state index is 0.618. The molecule has 18 heavy (non-hydrogen) atoms. The Morgan fingerprint density at radius 2 is 1.72 bits per heavy atom. The van der Waals surface area contributed by atoms with E-state index in [-0.39, 0.29) is 0 Å². The maximum Gasteiger partial charge on any atom is 0.0728 e. The Labute approximate surface area is 112 Å². The first-order chi connectivity index (χ1) is 8.76. The van der Waals surface area contributed by atoms with Crippen LogP contribution < -0.4 is 5.32 Å². The van der Waals surface area contributed by atoms with Crippen molar-refractivity contribution in [2.24, 2.45) is 7.05 Å². The van der Waals surface area contributed by atoms with Gasteiger partial charge in [-0.25, -0.2) is 0 Å². The van der Waals surface area contributed by atoms with Crippen LogP contribution in [0.2, 0.25) is 0 Å². The van der Waals surface area contributed by atoms with Gasteiger partial charge in [0.2, 0.25) is 0 Å². The molecular weight excluding hydrogens is 222 g/mol. The summed E-state index contributed by atoms with van der Waals surface area (Å²) in [5.74, 6) is 0. The maximum absolute atomic E-state index is 4.22. The van der Waals surface area contributed by atoms with Crippen LogP contribution in [0.4, 0.5) is 5.69 Å². The van der Waals surface area contributed by atoms with Crippen molar-refractivity contribution in [3.05, 3.63) is 12.4 Å². The van der Waals surface area contributed by atoms with Crippen LogP contribution in [-0.2, 0) is 7.05 Å². The number of nitrogens with zero attached hydrogens (tertiary/aromatic N) is 2. The molecule has 1 rings (SSSR count). The number of nitrogens with one attached hydrogen (secondary N) is 1. The summed E-state index contributed by atoms with van der Waals surface area (Å²) in [6, 6.07) is 0.618. The molecular formula is C15H29N3. The normalized spacial score (nSPS) is 11.1. The van der Waals surface area contributed by atoms with E-state index in [4.69, 9.17) is 0 Å². The molecule has 0 bridgehead atoms. The summed E-state index contributed by atoms with van der Waals surface area (Å²) >= 11 is 0. The van der Waals surface area contributed by atoms with Crippen LogP contribution in [0.25, 0.3) is 0 Å². The number of hydrogen-bond acceptors (Lipinski definition) is 2. The van der Waals surface area contributed by atoms with E-state index >= 15 is 0 Å². The van der Waals surface area contributed by atoms with Crippen LogP contribution in [0.5, 0.6) is 0 Å². The molecule has 1 aromatic rings. The van der Waals surface area contributed by atoms with Crippen LogP contribution in [0.15, 0.2) is 12.4 Å². The fraction of sp³-hybridized carbons (Fsp3) is 0.800. The van der Waals surface area contributed by atoms with Gasteiger partial charge >= 0.3 is 0 Å². The van der Waals surface area contributed by atoms with Crippen molar-refractivity contribution in [1.82, 2.24) is 9.78 Å².